The summed E-state index contributed by atoms with van der Waals surface area (Å²) in [5.74, 6) is 4.73. The standard InChI is InChI=1S/C7H7F3N2O.ClH/c8-7(9,10)6-2-1-5(3-12-6)4-13-11;/h1-3H,4,11H2;1H. The fourth-order valence-corrected chi connectivity index (χ4v) is 0.774. The van der Waals surface area contributed by atoms with Crippen LogP contribution in [0.1, 0.15) is 11.3 Å². The maximum absolute atomic E-state index is 12.0. The summed E-state index contributed by atoms with van der Waals surface area (Å²) < 4.78 is 36.0. The van der Waals surface area contributed by atoms with Gasteiger partial charge in [0.25, 0.3) is 0 Å². The molecule has 7 heteroatoms. The molecule has 0 aliphatic rings. The van der Waals surface area contributed by atoms with Gasteiger partial charge in [0, 0.05) is 6.20 Å². The summed E-state index contributed by atoms with van der Waals surface area (Å²) in [5, 5.41) is 0. The first kappa shape index (κ1) is 13.2. The summed E-state index contributed by atoms with van der Waals surface area (Å²) in [6.45, 7) is 0.0468. The van der Waals surface area contributed by atoms with E-state index in [1.807, 2.05) is 0 Å². The SMILES string of the molecule is Cl.NOCc1ccc(C(F)(F)F)nc1. The first-order valence-electron chi connectivity index (χ1n) is 3.38. The predicted molar refractivity (Wildman–Crippen MR) is 45.5 cm³/mol. The van der Waals surface area contributed by atoms with Gasteiger partial charge in [0.2, 0.25) is 0 Å². The van der Waals surface area contributed by atoms with Crippen molar-refractivity contribution in [3.63, 3.8) is 0 Å². The quantitative estimate of drug-likeness (QED) is 0.787. The number of hydrogen-bond donors (Lipinski definition) is 1. The highest BCUT2D eigenvalue weighted by molar-refractivity contribution is 5.85. The minimum Gasteiger partial charge on any atom is -0.300 e. The zero-order valence-electron chi connectivity index (χ0n) is 6.91. The molecule has 0 spiro atoms. The summed E-state index contributed by atoms with van der Waals surface area (Å²) in [6.07, 6.45) is -3.32. The summed E-state index contributed by atoms with van der Waals surface area (Å²) in [6, 6.07) is 2.15. The van der Waals surface area contributed by atoms with Gasteiger partial charge in [-0.25, -0.2) is 5.90 Å². The second-order valence-corrected chi connectivity index (χ2v) is 2.36. The Balaban J connectivity index is 0.00000169. The predicted octanol–water partition coefficient (Wildman–Crippen LogP) is 1.91. The Morgan fingerprint density at radius 1 is 1.36 bits per heavy atom. The average molecular weight is 229 g/mol. The van der Waals surface area contributed by atoms with Crippen LogP contribution in [0.4, 0.5) is 13.2 Å². The largest absolute Gasteiger partial charge is 0.433 e. The van der Waals surface area contributed by atoms with Gasteiger partial charge >= 0.3 is 6.18 Å². The van der Waals surface area contributed by atoms with Crippen LogP contribution in [0.15, 0.2) is 18.3 Å². The minimum atomic E-state index is -4.40. The van der Waals surface area contributed by atoms with Gasteiger partial charge in [0.15, 0.2) is 0 Å². The highest BCUT2D eigenvalue weighted by Crippen LogP contribution is 2.27. The highest BCUT2D eigenvalue weighted by atomic mass is 35.5. The molecule has 0 fully saturated rings. The molecular formula is C7H8ClF3N2O. The number of nitrogens with zero attached hydrogens (tertiary/aromatic N) is 1. The lowest BCUT2D eigenvalue weighted by molar-refractivity contribution is -0.141. The van der Waals surface area contributed by atoms with E-state index in [9.17, 15) is 13.2 Å². The molecule has 0 unspecified atom stereocenters. The molecule has 0 radical (unpaired) electrons. The van der Waals surface area contributed by atoms with Gasteiger partial charge in [-0.1, -0.05) is 6.07 Å². The molecule has 0 aliphatic heterocycles. The van der Waals surface area contributed by atoms with Crippen LogP contribution in [0.25, 0.3) is 0 Å². The lowest BCUT2D eigenvalue weighted by Gasteiger charge is -2.05. The summed E-state index contributed by atoms with van der Waals surface area (Å²) in [4.78, 5) is 7.44. The van der Waals surface area contributed by atoms with Crippen LogP contribution in [0.5, 0.6) is 0 Å². The Bertz CT molecular complexity index is 275. The zero-order chi connectivity index (χ0) is 9.90. The summed E-state index contributed by atoms with van der Waals surface area (Å²) in [5.41, 5.74) is -0.427. The number of halogens is 4. The lowest BCUT2D eigenvalue weighted by atomic mass is 10.2. The van der Waals surface area contributed by atoms with Crippen molar-refractivity contribution in [1.29, 1.82) is 0 Å². The van der Waals surface area contributed by atoms with Crippen molar-refractivity contribution in [1.82, 2.24) is 4.98 Å². The average Bonchev–Trinajstić information content (AvgIpc) is 2.04. The minimum absolute atomic E-state index is 0. The Morgan fingerprint density at radius 2 is 2.00 bits per heavy atom. The van der Waals surface area contributed by atoms with E-state index in [0.29, 0.717) is 5.56 Å². The molecule has 0 aliphatic carbocycles. The third kappa shape index (κ3) is 3.49. The maximum atomic E-state index is 12.0. The van der Waals surface area contributed by atoms with E-state index >= 15 is 0 Å². The van der Waals surface area contributed by atoms with Crippen molar-refractivity contribution in [2.24, 2.45) is 5.90 Å². The van der Waals surface area contributed by atoms with Crippen LogP contribution in [-0.2, 0) is 17.6 Å². The van der Waals surface area contributed by atoms with E-state index in [1.54, 1.807) is 0 Å². The van der Waals surface area contributed by atoms with E-state index in [4.69, 9.17) is 5.90 Å². The van der Waals surface area contributed by atoms with Crippen molar-refractivity contribution in [3.8, 4) is 0 Å². The van der Waals surface area contributed by atoms with Crippen LogP contribution in [0.2, 0.25) is 0 Å². The number of rotatable bonds is 2. The van der Waals surface area contributed by atoms with E-state index in [-0.39, 0.29) is 19.0 Å². The number of hydrogen-bond acceptors (Lipinski definition) is 3. The van der Waals surface area contributed by atoms with Gasteiger partial charge in [-0.2, -0.15) is 13.2 Å². The van der Waals surface area contributed by atoms with Crippen LogP contribution in [-0.4, -0.2) is 4.98 Å². The molecule has 0 saturated carbocycles. The van der Waals surface area contributed by atoms with Crippen molar-refractivity contribution in [2.45, 2.75) is 12.8 Å². The van der Waals surface area contributed by atoms with Gasteiger partial charge in [0.05, 0.1) is 6.61 Å². The van der Waals surface area contributed by atoms with Crippen molar-refractivity contribution < 1.29 is 18.0 Å². The lowest BCUT2D eigenvalue weighted by Crippen LogP contribution is -2.08. The molecule has 0 atom stereocenters. The smallest absolute Gasteiger partial charge is 0.300 e. The van der Waals surface area contributed by atoms with Gasteiger partial charge in [0.1, 0.15) is 5.69 Å². The molecule has 0 aromatic carbocycles. The zero-order valence-corrected chi connectivity index (χ0v) is 7.73. The second kappa shape index (κ2) is 5.14. The van der Waals surface area contributed by atoms with Crippen LogP contribution in [0.3, 0.4) is 0 Å². The van der Waals surface area contributed by atoms with Crippen LogP contribution < -0.4 is 5.90 Å². The third-order valence-electron chi connectivity index (χ3n) is 1.37. The molecule has 0 bridgehead atoms. The molecular weight excluding hydrogens is 221 g/mol. The van der Waals surface area contributed by atoms with Crippen molar-refractivity contribution in [3.05, 3.63) is 29.6 Å². The van der Waals surface area contributed by atoms with Crippen LogP contribution >= 0.6 is 12.4 Å². The molecule has 3 nitrogen and oxygen atoms in total. The van der Waals surface area contributed by atoms with Gasteiger partial charge < -0.3 is 0 Å². The fraction of sp³-hybridized carbons (Fsp3) is 0.286. The van der Waals surface area contributed by atoms with E-state index in [1.165, 1.54) is 6.07 Å². The van der Waals surface area contributed by atoms with Crippen molar-refractivity contribution in [2.75, 3.05) is 0 Å². The Labute approximate surface area is 84.4 Å². The second-order valence-electron chi connectivity index (χ2n) is 2.36. The highest BCUT2D eigenvalue weighted by Gasteiger charge is 2.31. The molecule has 1 heterocycles. The molecule has 80 valence electrons. The van der Waals surface area contributed by atoms with E-state index in [0.717, 1.165) is 12.3 Å². The maximum Gasteiger partial charge on any atom is 0.433 e. The Morgan fingerprint density at radius 3 is 2.36 bits per heavy atom. The van der Waals surface area contributed by atoms with Crippen molar-refractivity contribution >= 4 is 12.4 Å². The molecule has 0 amide bonds. The molecule has 14 heavy (non-hydrogen) atoms. The monoisotopic (exact) mass is 228 g/mol. The fourth-order valence-electron chi connectivity index (χ4n) is 0.774. The number of pyridine rings is 1. The number of alkyl halides is 3. The normalized spacial score (nSPS) is 10.9. The summed E-state index contributed by atoms with van der Waals surface area (Å²) in [7, 11) is 0. The van der Waals surface area contributed by atoms with E-state index < -0.39 is 11.9 Å². The van der Waals surface area contributed by atoms with Gasteiger partial charge in [-0.05, 0) is 11.6 Å². The molecule has 0 saturated heterocycles. The summed E-state index contributed by atoms with van der Waals surface area (Å²) >= 11 is 0. The first-order chi connectivity index (χ1) is 6.04. The molecule has 1 aromatic heterocycles. The number of nitrogens with two attached hydrogens (primary N) is 1. The molecule has 2 N–H and O–H groups in total. The third-order valence-corrected chi connectivity index (χ3v) is 1.37. The van der Waals surface area contributed by atoms with Crippen LogP contribution in [0, 0.1) is 0 Å². The van der Waals surface area contributed by atoms with Gasteiger partial charge in [-0.15, -0.1) is 12.4 Å². The molecule has 1 rings (SSSR count). The first-order valence-corrected chi connectivity index (χ1v) is 3.38. The number of aromatic nitrogens is 1. The Hall–Kier alpha value is -0.850. The van der Waals surface area contributed by atoms with Gasteiger partial charge in [-0.3, -0.25) is 9.82 Å². The molecule has 1 aromatic rings. The van der Waals surface area contributed by atoms with E-state index in [2.05, 4.69) is 9.82 Å². The Kier molecular flexibility index (Phi) is 4.82. The topological polar surface area (TPSA) is 48.1 Å².